The zero-order chi connectivity index (χ0) is 26.5. The van der Waals surface area contributed by atoms with Gasteiger partial charge in [-0.25, -0.2) is 4.79 Å². The topological polar surface area (TPSA) is 114 Å². The zero-order valence-electron chi connectivity index (χ0n) is 21.0. The van der Waals surface area contributed by atoms with Crippen LogP contribution in [0.3, 0.4) is 0 Å². The number of hydrogen-bond donors (Lipinski definition) is 2. The van der Waals surface area contributed by atoms with Crippen molar-refractivity contribution < 1.29 is 28.7 Å². The Kier molecular flexibility index (Phi) is 8.62. The maximum atomic E-state index is 12.6. The van der Waals surface area contributed by atoms with Gasteiger partial charge in [0.05, 0.1) is 5.25 Å². The molecule has 2 aromatic rings. The van der Waals surface area contributed by atoms with Crippen LogP contribution < -0.4 is 15.4 Å². The maximum Gasteiger partial charge on any atom is 0.408 e. The van der Waals surface area contributed by atoms with E-state index in [0.29, 0.717) is 24.3 Å². The molecule has 1 heterocycles. The molecule has 0 spiro atoms. The minimum absolute atomic E-state index is 0.237. The Morgan fingerprint density at radius 2 is 1.56 bits per heavy atom. The normalized spacial score (nSPS) is 16.2. The molecule has 0 saturated carbocycles. The minimum atomic E-state index is -0.774. The Bertz CT molecular complexity index is 1110. The Morgan fingerprint density at radius 1 is 1.00 bits per heavy atom. The third-order valence-corrected chi connectivity index (χ3v) is 6.12. The predicted octanol–water partition coefficient (Wildman–Crippen LogP) is 3.90. The van der Waals surface area contributed by atoms with E-state index in [9.17, 15) is 19.2 Å². The molecule has 1 aliphatic heterocycles. The number of alkyl carbamates (subject to hydrolysis) is 1. The van der Waals surface area contributed by atoms with Gasteiger partial charge in [0.1, 0.15) is 23.1 Å². The van der Waals surface area contributed by atoms with Crippen LogP contribution in [0.4, 0.5) is 9.59 Å². The third kappa shape index (κ3) is 8.01. The van der Waals surface area contributed by atoms with Crippen molar-refractivity contribution in [1.82, 2.24) is 15.5 Å². The SMILES string of the molecule is CN(C)C(=O)[C@H](Cc1ccc(Oc2ccc(CC3SC(=O)NC3=O)cc2)cc1)NC(=O)OC(C)(C)C. The summed E-state index contributed by atoms with van der Waals surface area (Å²) in [6, 6.07) is 13.8. The molecule has 36 heavy (non-hydrogen) atoms. The van der Waals surface area contributed by atoms with Crippen LogP contribution in [-0.2, 0) is 27.2 Å². The molecule has 1 aliphatic rings. The van der Waals surface area contributed by atoms with E-state index in [1.54, 1.807) is 59.1 Å². The van der Waals surface area contributed by atoms with Crippen LogP contribution in [0, 0.1) is 0 Å². The van der Waals surface area contributed by atoms with Gasteiger partial charge in [-0.05, 0) is 62.6 Å². The lowest BCUT2D eigenvalue weighted by molar-refractivity contribution is -0.130. The highest BCUT2D eigenvalue weighted by atomic mass is 32.2. The number of benzene rings is 2. The number of amides is 4. The summed E-state index contributed by atoms with van der Waals surface area (Å²) in [6.45, 7) is 5.28. The van der Waals surface area contributed by atoms with Crippen molar-refractivity contribution in [2.24, 2.45) is 0 Å². The second kappa shape index (κ2) is 11.5. The number of nitrogens with zero attached hydrogens (tertiary/aromatic N) is 1. The van der Waals surface area contributed by atoms with Gasteiger partial charge in [-0.1, -0.05) is 36.0 Å². The highest BCUT2D eigenvalue weighted by molar-refractivity contribution is 8.15. The number of carbonyl (C=O) groups excluding carboxylic acids is 4. The molecule has 192 valence electrons. The van der Waals surface area contributed by atoms with E-state index >= 15 is 0 Å². The van der Waals surface area contributed by atoms with Crippen LogP contribution in [0.25, 0.3) is 0 Å². The van der Waals surface area contributed by atoms with E-state index < -0.39 is 23.0 Å². The van der Waals surface area contributed by atoms with Gasteiger partial charge >= 0.3 is 6.09 Å². The summed E-state index contributed by atoms with van der Waals surface area (Å²) in [5, 5.41) is 4.23. The molecule has 1 saturated heterocycles. The number of rotatable bonds is 8. The molecule has 10 heteroatoms. The molecule has 4 amide bonds. The van der Waals surface area contributed by atoms with E-state index in [1.807, 2.05) is 24.3 Å². The zero-order valence-corrected chi connectivity index (χ0v) is 21.8. The van der Waals surface area contributed by atoms with Crippen molar-refractivity contribution in [1.29, 1.82) is 0 Å². The Balaban J connectivity index is 1.59. The highest BCUT2D eigenvalue weighted by Crippen LogP contribution is 2.26. The van der Waals surface area contributed by atoms with Crippen molar-refractivity contribution >= 4 is 34.9 Å². The molecule has 0 radical (unpaired) electrons. The quantitative estimate of drug-likeness (QED) is 0.550. The molecule has 1 unspecified atom stereocenters. The number of carbonyl (C=O) groups is 4. The van der Waals surface area contributed by atoms with E-state index in [1.165, 1.54) is 4.90 Å². The molecule has 0 aliphatic carbocycles. The summed E-state index contributed by atoms with van der Waals surface area (Å²) >= 11 is 1.00. The summed E-state index contributed by atoms with van der Waals surface area (Å²) in [6.07, 6.45) is 0.104. The van der Waals surface area contributed by atoms with Gasteiger partial charge in [0.2, 0.25) is 11.8 Å². The molecule has 2 N–H and O–H groups in total. The molecule has 2 aromatic carbocycles. The van der Waals surface area contributed by atoms with E-state index in [4.69, 9.17) is 9.47 Å². The van der Waals surface area contributed by atoms with Crippen LogP contribution in [0.2, 0.25) is 0 Å². The lowest BCUT2D eigenvalue weighted by Crippen LogP contribution is -2.48. The molecule has 0 bridgehead atoms. The second-order valence-corrected chi connectivity index (χ2v) is 10.8. The first-order chi connectivity index (χ1) is 16.9. The molecular formula is C26H31N3O6S. The van der Waals surface area contributed by atoms with Crippen LogP contribution in [0.5, 0.6) is 11.5 Å². The van der Waals surface area contributed by atoms with Crippen molar-refractivity contribution in [2.45, 2.75) is 50.5 Å². The van der Waals surface area contributed by atoms with E-state index in [2.05, 4.69) is 10.6 Å². The number of thioether (sulfide) groups is 1. The molecule has 3 rings (SSSR count). The van der Waals surface area contributed by atoms with Gasteiger partial charge in [0.15, 0.2) is 0 Å². The first-order valence-corrected chi connectivity index (χ1v) is 12.4. The summed E-state index contributed by atoms with van der Waals surface area (Å²) in [7, 11) is 3.27. The summed E-state index contributed by atoms with van der Waals surface area (Å²) in [5.74, 6) is 0.733. The Labute approximate surface area is 214 Å². The lowest BCUT2D eigenvalue weighted by atomic mass is 10.0. The highest BCUT2D eigenvalue weighted by Gasteiger charge is 2.31. The summed E-state index contributed by atoms with van der Waals surface area (Å²) in [4.78, 5) is 49.3. The Hall–Kier alpha value is -3.53. The molecule has 0 aromatic heterocycles. The van der Waals surface area contributed by atoms with Gasteiger partial charge < -0.3 is 19.7 Å². The average Bonchev–Trinajstić information content (AvgIpc) is 3.10. The van der Waals surface area contributed by atoms with Crippen LogP contribution in [0.15, 0.2) is 48.5 Å². The Morgan fingerprint density at radius 3 is 2.03 bits per heavy atom. The van der Waals surface area contributed by atoms with Crippen molar-refractivity contribution in [3.63, 3.8) is 0 Å². The number of imide groups is 1. The number of ether oxygens (including phenoxy) is 2. The van der Waals surface area contributed by atoms with Crippen molar-refractivity contribution in [3.05, 3.63) is 59.7 Å². The van der Waals surface area contributed by atoms with Gasteiger partial charge in [0.25, 0.3) is 5.24 Å². The lowest BCUT2D eigenvalue weighted by Gasteiger charge is -2.25. The smallest absolute Gasteiger partial charge is 0.408 e. The fraction of sp³-hybridized carbons (Fsp3) is 0.385. The number of hydrogen-bond acceptors (Lipinski definition) is 7. The predicted molar refractivity (Wildman–Crippen MR) is 137 cm³/mol. The average molecular weight is 514 g/mol. The molecule has 1 fully saturated rings. The standard InChI is InChI=1S/C26H31N3O6S/c1-26(2,3)35-24(32)27-20(23(31)29(4)5)14-16-6-10-18(11-7-16)34-19-12-8-17(9-13-19)15-21-22(30)28-25(33)36-21/h6-13,20-21H,14-15H2,1-5H3,(H,27,32)(H,28,30,33)/t20-,21?/m0/s1. The third-order valence-electron chi connectivity index (χ3n) is 5.14. The fourth-order valence-corrected chi connectivity index (χ4v) is 4.32. The van der Waals surface area contributed by atoms with E-state index in [-0.39, 0.29) is 17.1 Å². The van der Waals surface area contributed by atoms with Crippen molar-refractivity contribution in [2.75, 3.05) is 14.1 Å². The van der Waals surface area contributed by atoms with Gasteiger partial charge in [-0.2, -0.15) is 0 Å². The molecular weight excluding hydrogens is 482 g/mol. The van der Waals surface area contributed by atoms with Crippen LogP contribution in [0.1, 0.15) is 31.9 Å². The van der Waals surface area contributed by atoms with Gasteiger partial charge in [-0.15, -0.1) is 0 Å². The van der Waals surface area contributed by atoms with E-state index in [0.717, 1.165) is 22.9 Å². The molecule has 2 atom stereocenters. The largest absolute Gasteiger partial charge is 0.457 e. The summed E-state index contributed by atoms with van der Waals surface area (Å²) in [5.41, 5.74) is 1.10. The van der Waals surface area contributed by atoms with Crippen LogP contribution >= 0.6 is 11.8 Å². The molecule has 9 nitrogen and oxygen atoms in total. The summed E-state index contributed by atoms with van der Waals surface area (Å²) < 4.78 is 11.2. The van der Waals surface area contributed by atoms with Crippen molar-refractivity contribution in [3.8, 4) is 11.5 Å². The first-order valence-electron chi connectivity index (χ1n) is 11.5. The monoisotopic (exact) mass is 513 g/mol. The first kappa shape index (κ1) is 27.1. The minimum Gasteiger partial charge on any atom is -0.457 e. The van der Waals surface area contributed by atoms with Gasteiger partial charge in [0, 0.05) is 20.5 Å². The number of likely N-dealkylation sites (N-methyl/N-ethyl adjacent to an activating group) is 1. The van der Waals surface area contributed by atoms with Crippen LogP contribution in [-0.4, -0.2) is 59.0 Å². The number of nitrogens with one attached hydrogen (secondary N) is 2. The maximum absolute atomic E-state index is 12.6. The second-order valence-electron chi connectivity index (χ2n) is 9.61. The van der Waals surface area contributed by atoms with Gasteiger partial charge in [-0.3, -0.25) is 19.7 Å². The fourth-order valence-electron chi connectivity index (χ4n) is 3.46.